The summed E-state index contributed by atoms with van der Waals surface area (Å²) in [4.78, 5) is 2.43. The Labute approximate surface area is 792 Å². The van der Waals surface area contributed by atoms with Crippen LogP contribution in [0.25, 0.3) is 121 Å². The Balaban J connectivity index is 0.000000132. The molecular formula is C123H121Br2N3O3. The van der Waals surface area contributed by atoms with E-state index in [0.29, 0.717) is 0 Å². The van der Waals surface area contributed by atoms with Crippen molar-refractivity contribution in [3.05, 3.63) is 407 Å². The number of hydrogen-bond donors (Lipinski definition) is 2. The Hall–Kier alpha value is -12.7. The first-order valence-electron chi connectivity index (χ1n) is 47.3. The van der Waals surface area contributed by atoms with Crippen LogP contribution >= 0.6 is 31.9 Å². The lowest BCUT2D eigenvalue weighted by molar-refractivity contribution is 0.401. The Bertz CT molecular complexity index is 6910. The van der Waals surface area contributed by atoms with E-state index in [-0.39, 0.29) is 18.3 Å². The number of anilines is 6. The minimum atomic E-state index is 0. The quantitative estimate of drug-likeness (QED) is 0.0376. The van der Waals surface area contributed by atoms with E-state index >= 15 is 0 Å². The molecule has 21 rings (SSSR count). The fraction of sp³-hybridized carbons (Fsp3) is 0.220. The lowest BCUT2D eigenvalue weighted by Crippen LogP contribution is -2.26. The second-order valence-corrected chi connectivity index (χ2v) is 36.9. The van der Waals surface area contributed by atoms with Gasteiger partial charge in [-0.2, -0.15) is 0 Å². The minimum Gasteiger partial charge on any atom is -0.456 e. The maximum atomic E-state index is 6.44. The summed E-state index contributed by atoms with van der Waals surface area (Å²) in [6.45, 7) is 9.24. The van der Waals surface area contributed by atoms with Gasteiger partial charge in [-0.05, 0) is 225 Å². The van der Waals surface area contributed by atoms with E-state index in [4.69, 9.17) is 19.0 Å². The molecule has 0 fully saturated rings. The summed E-state index contributed by atoms with van der Waals surface area (Å²) in [6.07, 6.45) is 25.9. The van der Waals surface area contributed by atoms with Crippen molar-refractivity contribution < 1.29 is 13.3 Å². The van der Waals surface area contributed by atoms with Crippen LogP contribution in [0.5, 0.6) is 0 Å². The number of fused-ring (bicyclic) bond motifs is 15. The van der Waals surface area contributed by atoms with Crippen LogP contribution in [0.1, 0.15) is 186 Å². The van der Waals surface area contributed by atoms with Crippen LogP contribution in [0.15, 0.2) is 398 Å². The molecule has 0 amide bonds. The molecule has 3 aromatic heterocycles. The van der Waals surface area contributed by atoms with Crippen LogP contribution in [0.4, 0.5) is 34.1 Å². The molecule has 131 heavy (non-hydrogen) atoms. The van der Waals surface area contributed by atoms with Gasteiger partial charge in [0, 0.05) is 98.3 Å². The zero-order chi connectivity index (χ0) is 89.0. The highest BCUT2D eigenvalue weighted by molar-refractivity contribution is 9.10. The van der Waals surface area contributed by atoms with Crippen LogP contribution < -0.4 is 16.0 Å². The molecule has 16 aromatic carbocycles. The van der Waals surface area contributed by atoms with Crippen molar-refractivity contribution in [2.45, 2.75) is 174 Å². The van der Waals surface area contributed by atoms with Crippen molar-refractivity contribution in [1.29, 1.82) is 0 Å². The molecule has 0 aliphatic heterocycles. The van der Waals surface area contributed by atoms with Crippen LogP contribution in [-0.4, -0.2) is 0 Å². The molecule has 6 nitrogen and oxygen atoms in total. The number of nitrogens with one attached hydrogen (secondary N) is 1. The van der Waals surface area contributed by atoms with Gasteiger partial charge in [-0.1, -0.05) is 412 Å². The van der Waals surface area contributed by atoms with Crippen molar-refractivity contribution in [3.63, 3.8) is 0 Å². The van der Waals surface area contributed by atoms with Gasteiger partial charge in [0.05, 0.1) is 0 Å². The van der Waals surface area contributed by atoms with Crippen molar-refractivity contribution in [1.82, 2.24) is 0 Å². The number of nitrogens with two attached hydrogens (primary N) is 1. The Morgan fingerprint density at radius 2 is 0.565 bits per heavy atom. The molecule has 0 bridgehead atoms. The molecule has 19 aromatic rings. The van der Waals surface area contributed by atoms with Gasteiger partial charge in [0.2, 0.25) is 0 Å². The van der Waals surface area contributed by atoms with Gasteiger partial charge in [0.15, 0.2) is 0 Å². The maximum absolute atomic E-state index is 6.44. The molecule has 0 atom stereocenters. The monoisotopic (exact) mass is 1850 g/mol. The van der Waals surface area contributed by atoms with Gasteiger partial charge in [-0.25, -0.2) is 0 Å². The molecule has 2 aliphatic rings. The summed E-state index contributed by atoms with van der Waals surface area (Å²) < 4.78 is 20.4. The molecule has 0 saturated heterocycles. The topological polar surface area (TPSA) is 80.7 Å². The lowest BCUT2D eigenvalue weighted by Gasteiger charge is -2.34. The lowest BCUT2D eigenvalue weighted by atomic mass is 9.70. The number of para-hydroxylation sites is 3. The van der Waals surface area contributed by atoms with Crippen molar-refractivity contribution in [2.24, 2.45) is 0 Å². The standard InChI is InChI=1S/C49H49NO.C25H33Br.C24H17NO.C12H7BrO.C12H11N.CH4/c1-3-5-7-16-32-49(33-17-8-6-4-2)45-22-14-12-20-41(45)42-30-28-39(34-46(42)49)50(38-26-24-37(25-27-38)36-18-10-9-11-19-36)40-29-31-44-43-21-13-15-23-47(43)51-48(44)35-40;1-3-5-7-11-17-25(18-12-8-6-4-2)23-14-10-9-13-21(23)22-16-15-20(26)19-24(22)25;1-2-6-17(7-3-1)18-10-12-19(13-11-18)25-20-14-15-22-21-8-4-5-9-23(21)26-24(22)16-20;13-8-5-6-10-9-3-1-2-4-11(9)14-12(10)7-8;13-12-8-6-11(7-9-12)10-4-2-1-3-5-10;/h9-15,18-31,34-35H,3-8,16-17,32-33H2,1-2H3;9-10,13-16,19H,3-8,11-12,17-18H2,1-2H3;1-16,25H;1-7H;1-9H,13H2;1H4. The Morgan fingerprint density at radius 1 is 0.252 bits per heavy atom. The predicted octanol–water partition coefficient (Wildman–Crippen LogP) is 38.5. The van der Waals surface area contributed by atoms with Crippen LogP contribution in [-0.2, 0) is 10.8 Å². The number of rotatable bonds is 28. The largest absolute Gasteiger partial charge is 0.456 e. The first-order valence-corrected chi connectivity index (χ1v) is 48.9. The highest BCUT2D eigenvalue weighted by atomic mass is 79.9. The third kappa shape index (κ3) is 20.9. The first kappa shape index (κ1) is 91.6. The second-order valence-electron chi connectivity index (χ2n) is 35.0. The van der Waals surface area contributed by atoms with Crippen LogP contribution in [0.3, 0.4) is 0 Å². The van der Waals surface area contributed by atoms with Gasteiger partial charge >= 0.3 is 0 Å². The van der Waals surface area contributed by atoms with Gasteiger partial charge in [0.25, 0.3) is 0 Å². The summed E-state index contributed by atoms with van der Waals surface area (Å²) in [5.41, 5.74) is 37.0. The summed E-state index contributed by atoms with van der Waals surface area (Å²) >= 11 is 7.18. The fourth-order valence-corrected chi connectivity index (χ4v) is 20.5. The van der Waals surface area contributed by atoms with Gasteiger partial charge < -0.3 is 29.2 Å². The molecule has 0 radical (unpaired) electrons. The summed E-state index contributed by atoms with van der Waals surface area (Å²) in [7, 11) is 0. The van der Waals surface area contributed by atoms with Crippen molar-refractivity contribution in [3.8, 4) is 55.6 Å². The average Bonchev–Trinajstić information content (AvgIpc) is 1.57. The minimum absolute atomic E-state index is 0. The molecule has 0 unspecified atom stereocenters. The zero-order valence-corrected chi connectivity index (χ0v) is 78.6. The Morgan fingerprint density at radius 3 is 1.03 bits per heavy atom. The van der Waals surface area contributed by atoms with E-state index in [1.54, 1.807) is 11.1 Å². The molecule has 3 N–H and O–H groups in total. The fourth-order valence-electron chi connectivity index (χ4n) is 19.8. The van der Waals surface area contributed by atoms with Crippen molar-refractivity contribution in [2.75, 3.05) is 16.0 Å². The van der Waals surface area contributed by atoms with Crippen LogP contribution in [0.2, 0.25) is 0 Å². The van der Waals surface area contributed by atoms with Gasteiger partial charge in [-0.15, -0.1) is 0 Å². The highest BCUT2D eigenvalue weighted by Crippen LogP contribution is 2.58. The maximum Gasteiger partial charge on any atom is 0.137 e. The summed E-state index contributed by atoms with van der Waals surface area (Å²) in [5.74, 6) is 0. The van der Waals surface area contributed by atoms with E-state index in [9.17, 15) is 0 Å². The number of hydrogen-bond acceptors (Lipinski definition) is 6. The Kier molecular flexibility index (Phi) is 30.6. The number of furan rings is 3. The summed E-state index contributed by atoms with van der Waals surface area (Å²) in [5, 5.41) is 10.4. The summed E-state index contributed by atoms with van der Waals surface area (Å²) in [6, 6.07) is 133. The number of nitrogens with zero attached hydrogens (tertiary/aromatic N) is 1. The number of unbranched alkanes of at least 4 members (excludes halogenated alkanes) is 12. The third-order valence-corrected chi connectivity index (χ3v) is 27.4. The zero-order valence-electron chi connectivity index (χ0n) is 75.4. The van der Waals surface area contributed by atoms with E-state index in [1.807, 2.05) is 103 Å². The third-order valence-electron chi connectivity index (χ3n) is 26.4. The van der Waals surface area contributed by atoms with Gasteiger partial charge in [0.1, 0.15) is 33.5 Å². The van der Waals surface area contributed by atoms with Gasteiger partial charge in [-0.3, -0.25) is 0 Å². The van der Waals surface area contributed by atoms with Crippen LogP contribution in [0, 0.1) is 0 Å². The van der Waals surface area contributed by atoms with E-state index in [1.165, 1.54) is 216 Å². The molecule has 660 valence electrons. The normalized spacial score (nSPS) is 12.3. The van der Waals surface area contributed by atoms with E-state index < -0.39 is 0 Å². The number of halogens is 2. The molecule has 0 spiro atoms. The molecule has 0 saturated carbocycles. The predicted molar refractivity (Wildman–Crippen MR) is 569 cm³/mol. The first-order chi connectivity index (χ1) is 64.0. The van der Waals surface area contributed by atoms with E-state index in [2.05, 4.69) is 343 Å². The smallest absolute Gasteiger partial charge is 0.137 e. The van der Waals surface area contributed by atoms with E-state index in [0.717, 1.165) is 88.0 Å². The van der Waals surface area contributed by atoms with Crippen molar-refractivity contribution >= 4 is 132 Å². The molecule has 3 heterocycles. The highest BCUT2D eigenvalue weighted by Gasteiger charge is 2.44. The average molecular weight is 1850 g/mol. The second kappa shape index (κ2) is 43.8. The molecule has 8 heteroatoms. The SMILES string of the molecule is Brc1ccc2c(c1)oc1ccccc12.C.CCCCCCC1(CCCCCC)c2ccccc2-c2ccc(Br)cc21.CCCCCCC1(CCCCCC)c2ccccc2-c2ccc(N(c3ccc(-c4ccccc4)cc3)c3ccc4c(c3)oc3ccccc34)cc21.Nc1ccc(-c2ccccc2)cc1.c1ccc(-c2ccc(Nc3ccc4c(c3)oc3ccccc34)cc2)cc1. The molecular weight excluding hydrogens is 1730 g/mol. The number of nitrogen functional groups attached to an aromatic ring is 1. The molecule has 2 aliphatic carbocycles. The number of benzene rings is 16.